The van der Waals surface area contributed by atoms with E-state index in [9.17, 15) is 23.2 Å². The highest BCUT2D eigenvalue weighted by atomic mass is 19.2. The van der Waals surface area contributed by atoms with E-state index in [1.54, 1.807) is 12.1 Å². The fraction of sp³-hybridized carbons (Fsp3) is 0.379. The summed E-state index contributed by atoms with van der Waals surface area (Å²) in [6.07, 6.45) is 1.74. The van der Waals surface area contributed by atoms with Crippen molar-refractivity contribution in [1.82, 2.24) is 20.9 Å². The Morgan fingerprint density at radius 3 is 2.40 bits per heavy atom. The molecule has 0 saturated carbocycles. The van der Waals surface area contributed by atoms with Crippen molar-refractivity contribution in [2.45, 2.75) is 24.9 Å². The quantitative estimate of drug-likeness (QED) is 0.303. The van der Waals surface area contributed by atoms with Crippen LogP contribution in [-0.2, 0) is 14.3 Å². The molecule has 11 nitrogen and oxygen atoms in total. The van der Waals surface area contributed by atoms with E-state index >= 15 is 0 Å². The number of halogens is 2. The molecule has 222 valence electrons. The number of hydrogen-bond acceptors (Lipinski definition) is 8. The van der Waals surface area contributed by atoms with Crippen molar-refractivity contribution in [2.24, 2.45) is 0 Å². The molecule has 0 unspecified atom stereocenters. The Morgan fingerprint density at radius 1 is 1.07 bits per heavy atom. The number of urea groups is 2. The van der Waals surface area contributed by atoms with Crippen molar-refractivity contribution in [3.05, 3.63) is 76.5 Å². The largest absolute Gasteiger partial charge is 0.466 e. The zero-order chi connectivity index (χ0) is 30.2. The molecule has 1 fully saturated rings. The number of hydrogen-bond donors (Lipinski definition) is 3. The van der Waals surface area contributed by atoms with E-state index in [0.29, 0.717) is 12.1 Å². The predicted octanol–water partition coefficient (Wildman–Crippen LogP) is 2.94. The highest BCUT2D eigenvalue weighted by molar-refractivity contribution is 6.01. The molecule has 2 aromatic carbocycles. The van der Waals surface area contributed by atoms with Crippen LogP contribution in [0.2, 0.25) is 0 Å². The van der Waals surface area contributed by atoms with Crippen LogP contribution < -0.4 is 20.9 Å². The number of nitriles is 1. The number of imide groups is 1. The van der Waals surface area contributed by atoms with Gasteiger partial charge in [-0.2, -0.15) is 5.26 Å². The van der Waals surface area contributed by atoms with Gasteiger partial charge in [0.05, 0.1) is 36.6 Å². The highest BCUT2D eigenvalue weighted by Gasteiger charge is 2.43. The zero-order valence-corrected chi connectivity index (χ0v) is 23.3. The molecule has 2 aliphatic rings. The third kappa shape index (κ3) is 6.84. The summed E-state index contributed by atoms with van der Waals surface area (Å²) >= 11 is 0. The number of methoxy groups -OCH3 is 2. The van der Waals surface area contributed by atoms with Crippen LogP contribution in [0.3, 0.4) is 0 Å². The Hall–Kier alpha value is -4.54. The zero-order valence-electron chi connectivity index (χ0n) is 23.3. The maximum Gasteiger partial charge on any atom is 0.338 e. The molecule has 0 bridgehead atoms. The maximum atomic E-state index is 14.2. The van der Waals surface area contributed by atoms with Crippen molar-refractivity contribution in [3.63, 3.8) is 0 Å². The fourth-order valence-corrected chi connectivity index (χ4v) is 5.10. The van der Waals surface area contributed by atoms with Crippen LogP contribution >= 0.6 is 0 Å². The van der Waals surface area contributed by atoms with E-state index in [0.717, 1.165) is 55.8 Å². The maximum absolute atomic E-state index is 14.2. The minimum absolute atomic E-state index is 0.0000478. The number of benzene rings is 2. The van der Waals surface area contributed by atoms with Gasteiger partial charge in [-0.3, -0.25) is 0 Å². The Bertz CT molecular complexity index is 1390. The molecular weight excluding hydrogens is 550 g/mol. The molecule has 4 amide bonds. The molecule has 3 N–H and O–H groups in total. The third-order valence-corrected chi connectivity index (χ3v) is 7.20. The summed E-state index contributed by atoms with van der Waals surface area (Å²) in [4.78, 5) is 42.2. The second kappa shape index (κ2) is 13.9. The van der Waals surface area contributed by atoms with Crippen LogP contribution in [0.25, 0.3) is 0 Å². The summed E-state index contributed by atoms with van der Waals surface area (Å²) < 4.78 is 37.9. The van der Waals surface area contributed by atoms with Crippen LogP contribution in [0, 0.1) is 23.0 Å². The molecule has 42 heavy (non-hydrogen) atoms. The number of nitrogens with one attached hydrogen (secondary N) is 3. The molecule has 2 aromatic rings. The van der Waals surface area contributed by atoms with Crippen LogP contribution in [0.4, 0.5) is 24.1 Å². The SMILES string of the molecule is COCC1=C(C(=O)OC)[C@H](c2ccc(F)c(F)c2)N(C(=O)NCCNC2CCN(c3ccc(C#N)cc3)CC2)C(=O)N1. The molecular formula is C29H32F2N6O5. The molecule has 2 heterocycles. The van der Waals surface area contributed by atoms with Crippen molar-refractivity contribution >= 4 is 23.7 Å². The van der Waals surface area contributed by atoms with E-state index in [1.165, 1.54) is 13.2 Å². The second-order valence-electron chi connectivity index (χ2n) is 9.80. The number of esters is 1. The van der Waals surface area contributed by atoms with E-state index in [1.807, 2.05) is 12.1 Å². The number of amides is 4. The summed E-state index contributed by atoms with van der Waals surface area (Å²) in [6, 6.07) is 9.58. The van der Waals surface area contributed by atoms with Gasteiger partial charge in [0, 0.05) is 45.0 Å². The van der Waals surface area contributed by atoms with Crippen molar-refractivity contribution < 1.29 is 32.6 Å². The van der Waals surface area contributed by atoms with Crippen LogP contribution in [-0.4, -0.2) is 76.0 Å². The van der Waals surface area contributed by atoms with Gasteiger partial charge >= 0.3 is 18.0 Å². The first kappa shape index (κ1) is 30.4. The molecule has 1 atom stereocenters. The second-order valence-corrected chi connectivity index (χ2v) is 9.80. The number of carbonyl (C=O) groups excluding carboxylic acids is 3. The Labute approximate surface area is 242 Å². The molecule has 2 aliphatic heterocycles. The average Bonchev–Trinajstić information content (AvgIpc) is 3.00. The number of rotatable bonds is 9. The first-order chi connectivity index (χ1) is 20.3. The Kier molecular flexibility index (Phi) is 10.1. The minimum atomic E-state index is -1.40. The lowest BCUT2D eigenvalue weighted by Crippen LogP contribution is -2.56. The smallest absolute Gasteiger partial charge is 0.338 e. The molecule has 0 spiro atoms. The number of carbonyl (C=O) groups is 3. The van der Waals surface area contributed by atoms with Crippen molar-refractivity contribution in [1.29, 1.82) is 5.26 Å². The number of anilines is 1. The molecule has 0 radical (unpaired) electrons. The summed E-state index contributed by atoms with van der Waals surface area (Å²) in [5, 5.41) is 17.5. The van der Waals surface area contributed by atoms with Gasteiger partial charge in [-0.15, -0.1) is 0 Å². The fourth-order valence-electron chi connectivity index (χ4n) is 5.10. The minimum Gasteiger partial charge on any atom is -0.466 e. The normalized spacial score (nSPS) is 17.5. The first-order valence-corrected chi connectivity index (χ1v) is 13.4. The van der Waals surface area contributed by atoms with Gasteiger partial charge < -0.3 is 30.3 Å². The van der Waals surface area contributed by atoms with E-state index in [-0.39, 0.29) is 36.0 Å². The summed E-state index contributed by atoms with van der Waals surface area (Å²) in [7, 11) is 2.48. The van der Waals surface area contributed by atoms with Gasteiger partial charge in [0.1, 0.15) is 6.04 Å². The number of nitrogens with zero attached hydrogens (tertiary/aromatic N) is 3. The van der Waals surface area contributed by atoms with Gasteiger partial charge in [0.15, 0.2) is 11.6 Å². The Balaban J connectivity index is 1.40. The molecule has 0 aromatic heterocycles. The lowest BCUT2D eigenvalue weighted by Gasteiger charge is -2.37. The number of piperidine rings is 1. The van der Waals surface area contributed by atoms with Gasteiger partial charge in [-0.25, -0.2) is 28.1 Å². The Morgan fingerprint density at radius 2 is 1.79 bits per heavy atom. The molecule has 4 rings (SSSR count). The van der Waals surface area contributed by atoms with Gasteiger partial charge in [0.25, 0.3) is 0 Å². The molecule has 13 heteroatoms. The van der Waals surface area contributed by atoms with Crippen LogP contribution in [0.15, 0.2) is 53.7 Å². The summed E-state index contributed by atoms with van der Waals surface area (Å²) in [6.45, 7) is 2.02. The lowest BCUT2D eigenvalue weighted by atomic mass is 9.93. The molecule has 1 saturated heterocycles. The van der Waals surface area contributed by atoms with Gasteiger partial charge in [-0.1, -0.05) is 6.07 Å². The van der Waals surface area contributed by atoms with Crippen LogP contribution in [0.1, 0.15) is 30.0 Å². The topological polar surface area (TPSA) is 136 Å². The van der Waals surface area contributed by atoms with E-state index in [2.05, 4.69) is 26.9 Å². The van der Waals surface area contributed by atoms with E-state index < -0.39 is 35.7 Å². The van der Waals surface area contributed by atoms with Gasteiger partial charge in [-0.05, 0) is 54.8 Å². The predicted molar refractivity (Wildman–Crippen MR) is 148 cm³/mol. The summed E-state index contributed by atoms with van der Waals surface area (Å²) in [5.41, 5.74) is 1.57. The lowest BCUT2D eigenvalue weighted by molar-refractivity contribution is -0.137. The standard InChI is InChI=1S/C29H32F2N6O5/c1-41-17-24-25(27(38)42-2)26(19-5-8-22(30)23(31)15-19)37(29(40)35-24)28(39)34-12-11-33-20-9-13-36(14-10-20)21-6-3-18(16-32)4-7-21/h3-8,15,20,26,33H,9-14,17H2,1-2H3,(H,34,39)(H,35,40)/t26-/m0/s1. The van der Waals surface area contributed by atoms with E-state index in [4.69, 9.17) is 14.7 Å². The van der Waals surface area contributed by atoms with Crippen LogP contribution in [0.5, 0.6) is 0 Å². The highest BCUT2D eigenvalue weighted by Crippen LogP contribution is 2.35. The van der Waals surface area contributed by atoms with Crippen molar-refractivity contribution in [3.8, 4) is 6.07 Å². The summed E-state index contributed by atoms with van der Waals surface area (Å²) in [5.74, 6) is -3.20. The first-order valence-electron chi connectivity index (χ1n) is 13.4. The van der Waals surface area contributed by atoms with Crippen molar-refractivity contribution in [2.75, 3.05) is 51.9 Å². The molecule has 0 aliphatic carbocycles. The monoisotopic (exact) mass is 582 g/mol. The number of ether oxygens (including phenoxy) is 2. The third-order valence-electron chi connectivity index (χ3n) is 7.20. The van der Waals surface area contributed by atoms with Gasteiger partial charge in [0.2, 0.25) is 0 Å². The average molecular weight is 583 g/mol.